The maximum Gasteiger partial charge on any atom is 0.333 e. The number of halogens is 1. The van der Waals surface area contributed by atoms with Crippen LogP contribution in [0.3, 0.4) is 0 Å². The number of carboxylic acid groups (broad SMARTS) is 1. The maximum atomic E-state index is 13.1. The van der Waals surface area contributed by atoms with E-state index in [-0.39, 0.29) is 18.0 Å². The molecular formula is C28H27FO6. The van der Waals surface area contributed by atoms with Crippen molar-refractivity contribution in [3.05, 3.63) is 95.3 Å². The van der Waals surface area contributed by atoms with Gasteiger partial charge in [-0.2, -0.15) is 0 Å². The molecule has 0 aliphatic heterocycles. The second-order valence-electron chi connectivity index (χ2n) is 8.59. The third kappa shape index (κ3) is 6.05. The number of rotatable bonds is 10. The highest BCUT2D eigenvalue weighted by Gasteiger charge is 2.38. The Balaban J connectivity index is 1.43. The van der Waals surface area contributed by atoms with Gasteiger partial charge >= 0.3 is 5.97 Å². The molecule has 0 bridgehead atoms. The molecule has 6 nitrogen and oxygen atoms in total. The summed E-state index contributed by atoms with van der Waals surface area (Å²) in [5.74, 6) is -1.19. The van der Waals surface area contributed by atoms with E-state index in [1.807, 2.05) is 12.1 Å². The predicted octanol–water partition coefficient (Wildman–Crippen LogP) is 5.43. The molecule has 3 aromatic rings. The summed E-state index contributed by atoms with van der Waals surface area (Å²) in [4.78, 5) is 23.8. The van der Waals surface area contributed by atoms with Crippen LogP contribution in [0, 0.1) is 5.82 Å². The zero-order valence-corrected chi connectivity index (χ0v) is 19.4. The third-order valence-corrected chi connectivity index (χ3v) is 6.10. The van der Waals surface area contributed by atoms with E-state index in [2.05, 4.69) is 0 Å². The molecule has 35 heavy (non-hydrogen) atoms. The Kier molecular flexibility index (Phi) is 7.46. The van der Waals surface area contributed by atoms with Crippen LogP contribution in [0.4, 0.5) is 4.39 Å². The number of methoxy groups -OCH3 is 1. The number of carbonyl (C=O) groups is 2. The van der Waals surface area contributed by atoms with Gasteiger partial charge in [-0.15, -0.1) is 0 Å². The van der Waals surface area contributed by atoms with Gasteiger partial charge in [0.15, 0.2) is 11.9 Å². The van der Waals surface area contributed by atoms with Gasteiger partial charge in [0.2, 0.25) is 0 Å². The predicted molar refractivity (Wildman–Crippen MR) is 127 cm³/mol. The highest BCUT2D eigenvalue weighted by atomic mass is 19.1. The first-order valence-corrected chi connectivity index (χ1v) is 11.5. The number of ketones is 1. The van der Waals surface area contributed by atoms with E-state index in [1.54, 1.807) is 36.4 Å². The van der Waals surface area contributed by atoms with Crippen molar-refractivity contribution in [1.29, 1.82) is 0 Å². The molecule has 1 aliphatic rings. The second-order valence-corrected chi connectivity index (χ2v) is 8.59. The van der Waals surface area contributed by atoms with Crippen LogP contribution in [0.2, 0.25) is 0 Å². The van der Waals surface area contributed by atoms with Crippen LogP contribution in [0.1, 0.15) is 47.2 Å². The Morgan fingerprint density at radius 1 is 0.857 bits per heavy atom. The molecule has 0 saturated heterocycles. The molecule has 1 fully saturated rings. The number of benzene rings is 3. The highest BCUT2D eigenvalue weighted by molar-refractivity contribution is 6.09. The number of carbonyl (C=O) groups excluding carboxylic acids is 1. The average molecular weight is 479 g/mol. The number of hydrogen-bond donors (Lipinski definition) is 1. The van der Waals surface area contributed by atoms with Gasteiger partial charge in [0.25, 0.3) is 5.79 Å². The summed E-state index contributed by atoms with van der Waals surface area (Å²) in [6.07, 6.45) is 2.73. The lowest BCUT2D eigenvalue weighted by Crippen LogP contribution is -2.39. The molecule has 1 saturated carbocycles. The van der Waals surface area contributed by atoms with Crippen LogP contribution in [0.15, 0.2) is 72.8 Å². The molecule has 0 heterocycles. The Bertz CT molecular complexity index is 1150. The monoisotopic (exact) mass is 478 g/mol. The van der Waals surface area contributed by atoms with Gasteiger partial charge in [-0.3, -0.25) is 4.79 Å². The molecule has 0 spiro atoms. The molecule has 0 radical (unpaired) electrons. The van der Waals surface area contributed by atoms with Crippen molar-refractivity contribution in [3.8, 4) is 11.5 Å². The molecule has 182 valence electrons. The molecule has 1 aliphatic carbocycles. The zero-order valence-electron chi connectivity index (χ0n) is 19.4. The first-order valence-electron chi connectivity index (χ1n) is 11.5. The molecule has 4 rings (SSSR count). The number of carboxylic acids is 1. The minimum absolute atomic E-state index is 0.193. The topological polar surface area (TPSA) is 82.1 Å². The molecular weight excluding hydrogens is 451 g/mol. The summed E-state index contributed by atoms with van der Waals surface area (Å²) in [6.45, 7) is 0. The molecule has 3 aromatic carbocycles. The normalized spacial score (nSPS) is 15.4. The fraction of sp³-hybridized carbons (Fsp3) is 0.286. The van der Waals surface area contributed by atoms with Crippen molar-refractivity contribution < 1.29 is 33.3 Å². The summed E-state index contributed by atoms with van der Waals surface area (Å²) < 4.78 is 30.7. The van der Waals surface area contributed by atoms with Crippen LogP contribution < -0.4 is 9.47 Å². The maximum absolute atomic E-state index is 13.1. The van der Waals surface area contributed by atoms with E-state index in [4.69, 9.17) is 19.3 Å². The average Bonchev–Trinajstić information content (AvgIpc) is 3.31. The van der Waals surface area contributed by atoms with Crippen molar-refractivity contribution >= 4 is 11.8 Å². The second kappa shape index (κ2) is 10.7. The van der Waals surface area contributed by atoms with Crippen LogP contribution in [-0.2, 0) is 16.0 Å². The summed E-state index contributed by atoms with van der Waals surface area (Å²) >= 11 is 0. The summed E-state index contributed by atoms with van der Waals surface area (Å²) in [6, 6.07) is 19.6. The Morgan fingerprint density at radius 3 is 1.83 bits per heavy atom. The van der Waals surface area contributed by atoms with Crippen LogP contribution in [0.5, 0.6) is 11.5 Å². The largest absolute Gasteiger partial charge is 0.479 e. The minimum Gasteiger partial charge on any atom is -0.479 e. The van der Waals surface area contributed by atoms with Crippen LogP contribution >= 0.6 is 0 Å². The minimum atomic E-state index is -1.00. The molecule has 1 N–H and O–H groups in total. The van der Waals surface area contributed by atoms with Gasteiger partial charge in [-0.05, 0) is 79.1 Å². The van der Waals surface area contributed by atoms with E-state index < -0.39 is 17.9 Å². The lowest BCUT2D eigenvalue weighted by atomic mass is 10.0. The van der Waals surface area contributed by atoms with Crippen LogP contribution in [-0.4, -0.2) is 35.9 Å². The molecule has 0 amide bonds. The Hall–Kier alpha value is -3.71. The van der Waals surface area contributed by atoms with E-state index in [1.165, 1.54) is 31.4 Å². The van der Waals surface area contributed by atoms with E-state index in [0.717, 1.165) is 31.2 Å². The molecule has 1 atom stereocenters. The first kappa shape index (κ1) is 24.4. The van der Waals surface area contributed by atoms with Crippen molar-refractivity contribution in [2.75, 3.05) is 7.11 Å². The number of aliphatic carboxylic acids is 1. The lowest BCUT2D eigenvalue weighted by Gasteiger charge is -2.31. The van der Waals surface area contributed by atoms with Gasteiger partial charge in [-0.1, -0.05) is 12.1 Å². The molecule has 1 unspecified atom stereocenters. The SMILES string of the molecule is COC(Cc1ccc(OC2(Oc3ccc(C(=O)c4ccc(F)cc4)cc3)CCCC2)cc1)C(=O)O. The Labute approximate surface area is 203 Å². The standard InChI is InChI=1S/C28H27FO6/c1-33-25(27(31)32)18-19-4-12-23(13-5-19)34-28(16-2-3-17-28)35-24-14-8-21(9-15-24)26(30)20-6-10-22(29)11-7-20/h4-15,25H,2-3,16-18H2,1H3,(H,31,32). The number of ether oxygens (including phenoxy) is 3. The lowest BCUT2D eigenvalue weighted by molar-refractivity contribution is -0.148. The van der Waals surface area contributed by atoms with Crippen molar-refractivity contribution in [2.45, 2.75) is 44.0 Å². The van der Waals surface area contributed by atoms with Crippen LogP contribution in [0.25, 0.3) is 0 Å². The van der Waals surface area contributed by atoms with Gasteiger partial charge in [0.05, 0.1) is 0 Å². The first-order chi connectivity index (χ1) is 16.9. The van der Waals surface area contributed by atoms with Crippen molar-refractivity contribution in [1.82, 2.24) is 0 Å². The van der Waals surface area contributed by atoms with Gasteiger partial charge < -0.3 is 19.3 Å². The van der Waals surface area contributed by atoms with E-state index in [0.29, 0.717) is 22.6 Å². The smallest absolute Gasteiger partial charge is 0.333 e. The van der Waals surface area contributed by atoms with E-state index >= 15 is 0 Å². The zero-order chi connectivity index (χ0) is 24.8. The summed E-state index contributed by atoms with van der Waals surface area (Å²) in [5.41, 5.74) is 1.73. The van der Waals surface area contributed by atoms with E-state index in [9.17, 15) is 14.0 Å². The van der Waals surface area contributed by atoms with Gasteiger partial charge in [0.1, 0.15) is 17.3 Å². The fourth-order valence-electron chi connectivity index (χ4n) is 4.19. The third-order valence-electron chi connectivity index (χ3n) is 6.10. The Morgan fingerprint density at radius 2 is 1.34 bits per heavy atom. The van der Waals surface area contributed by atoms with Gasteiger partial charge in [0, 0.05) is 37.5 Å². The highest BCUT2D eigenvalue weighted by Crippen LogP contribution is 2.37. The van der Waals surface area contributed by atoms with Crippen molar-refractivity contribution in [2.24, 2.45) is 0 Å². The molecule has 0 aromatic heterocycles. The fourth-order valence-corrected chi connectivity index (χ4v) is 4.19. The summed E-state index contributed by atoms with van der Waals surface area (Å²) in [7, 11) is 1.38. The quantitative estimate of drug-likeness (QED) is 0.309. The van der Waals surface area contributed by atoms with Gasteiger partial charge in [-0.25, -0.2) is 9.18 Å². The van der Waals surface area contributed by atoms with Crippen molar-refractivity contribution in [3.63, 3.8) is 0 Å². The molecule has 7 heteroatoms. The number of hydrogen-bond acceptors (Lipinski definition) is 5. The summed E-state index contributed by atoms with van der Waals surface area (Å²) in [5, 5.41) is 9.17.